The molecule has 0 radical (unpaired) electrons. The third kappa shape index (κ3) is 2.50. The fourth-order valence-electron chi connectivity index (χ4n) is 3.65. The van der Waals surface area contributed by atoms with Gasteiger partial charge in [0.25, 0.3) is 5.95 Å². The number of nitrogens with zero attached hydrogens (tertiary/aromatic N) is 2. The highest BCUT2D eigenvalue weighted by atomic mass is 19.2. The van der Waals surface area contributed by atoms with Crippen LogP contribution in [0.2, 0.25) is 0 Å². The maximum atomic E-state index is 13.7. The molecule has 0 unspecified atom stereocenters. The van der Waals surface area contributed by atoms with Crippen molar-refractivity contribution in [3.05, 3.63) is 23.6 Å². The van der Waals surface area contributed by atoms with Crippen LogP contribution in [-0.4, -0.2) is 18.1 Å². The van der Waals surface area contributed by atoms with Crippen molar-refractivity contribution < 1.29 is 13.2 Å². The molecule has 110 valence electrons. The summed E-state index contributed by atoms with van der Waals surface area (Å²) in [7, 11) is 0. The van der Waals surface area contributed by atoms with Gasteiger partial charge in [-0.3, -0.25) is 0 Å². The summed E-state index contributed by atoms with van der Waals surface area (Å²) in [4.78, 5) is 5.19. The maximum Gasteiger partial charge on any atom is 0.251 e. The Morgan fingerprint density at radius 1 is 0.900 bits per heavy atom. The van der Waals surface area contributed by atoms with Gasteiger partial charge in [-0.15, -0.1) is 0 Å². The van der Waals surface area contributed by atoms with Crippen molar-refractivity contribution >= 4 is 5.82 Å². The lowest BCUT2D eigenvalue weighted by molar-refractivity contribution is 0.143. The zero-order valence-corrected chi connectivity index (χ0v) is 11.5. The van der Waals surface area contributed by atoms with Crippen molar-refractivity contribution in [2.45, 2.75) is 44.9 Å². The average Bonchev–Trinajstić information content (AvgIpc) is 2.45. The van der Waals surface area contributed by atoms with Crippen LogP contribution in [0.15, 0.2) is 6.07 Å². The topological polar surface area (TPSA) is 16.1 Å². The number of pyridine rings is 1. The molecule has 3 rings (SSSR count). The van der Waals surface area contributed by atoms with Gasteiger partial charge in [0, 0.05) is 19.2 Å². The van der Waals surface area contributed by atoms with E-state index in [4.69, 9.17) is 0 Å². The number of anilines is 1. The van der Waals surface area contributed by atoms with E-state index in [1.165, 1.54) is 32.1 Å². The van der Waals surface area contributed by atoms with E-state index in [0.717, 1.165) is 12.8 Å². The highest BCUT2D eigenvalue weighted by Crippen LogP contribution is 2.45. The number of aromatic nitrogens is 1. The second-order valence-electron chi connectivity index (χ2n) is 6.11. The lowest BCUT2D eigenvalue weighted by atomic mass is 9.68. The molecule has 2 aliphatic rings. The molecule has 0 N–H and O–H groups in total. The molecule has 1 aliphatic carbocycles. The highest BCUT2D eigenvalue weighted by Gasteiger charge is 2.36. The highest BCUT2D eigenvalue weighted by molar-refractivity contribution is 5.40. The predicted molar refractivity (Wildman–Crippen MR) is 71.1 cm³/mol. The standard InChI is InChI=1S/C15H19F3N2/c16-11-10-12(17)14(19-13(11)18)20-8-6-15(7-9-20)4-2-1-3-5-15/h10H,1-9H2. The van der Waals surface area contributed by atoms with Crippen LogP contribution >= 0.6 is 0 Å². The monoisotopic (exact) mass is 284 g/mol. The second kappa shape index (κ2) is 5.26. The summed E-state index contributed by atoms with van der Waals surface area (Å²) in [6, 6.07) is 0.586. The molecule has 1 aliphatic heterocycles. The van der Waals surface area contributed by atoms with Gasteiger partial charge < -0.3 is 4.90 Å². The Labute approximate surface area is 117 Å². The van der Waals surface area contributed by atoms with Crippen molar-refractivity contribution in [1.29, 1.82) is 0 Å². The van der Waals surface area contributed by atoms with Crippen LogP contribution in [0.25, 0.3) is 0 Å². The van der Waals surface area contributed by atoms with Gasteiger partial charge in [0.15, 0.2) is 17.5 Å². The van der Waals surface area contributed by atoms with Crippen molar-refractivity contribution in [2.75, 3.05) is 18.0 Å². The van der Waals surface area contributed by atoms with Gasteiger partial charge in [-0.25, -0.2) is 8.78 Å². The molecule has 0 bridgehead atoms. The average molecular weight is 284 g/mol. The van der Waals surface area contributed by atoms with Gasteiger partial charge in [0.1, 0.15) is 0 Å². The summed E-state index contributed by atoms with van der Waals surface area (Å²) in [5.41, 5.74) is 0.393. The van der Waals surface area contributed by atoms with Crippen molar-refractivity contribution in [1.82, 2.24) is 4.98 Å². The molecular formula is C15H19F3N2. The molecule has 1 aromatic heterocycles. The van der Waals surface area contributed by atoms with Crippen LogP contribution in [-0.2, 0) is 0 Å². The van der Waals surface area contributed by atoms with Crippen molar-refractivity contribution in [3.63, 3.8) is 0 Å². The largest absolute Gasteiger partial charge is 0.354 e. The molecule has 0 amide bonds. The Morgan fingerprint density at radius 3 is 2.20 bits per heavy atom. The lowest BCUT2D eigenvalue weighted by Gasteiger charge is -2.44. The molecule has 2 nitrogen and oxygen atoms in total. The number of rotatable bonds is 1. The van der Waals surface area contributed by atoms with Gasteiger partial charge in [-0.05, 0) is 31.1 Å². The summed E-state index contributed by atoms with van der Waals surface area (Å²) < 4.78 is 39.8. The first-order chi connectivity index (χ1) is 9.60. The van der Waals surface area contributed by atoms with Gasteiger partial charge in [0.05, 0.1) is 0 Å². The SMILES string of the molecule is Fc1cc(F)c(N2CCC3(CCCCC3)CC2)nc1F. The minimum absolute atomic E-state index is 0.0467. The first-order valence-corrected chi connectivity index (χ1v) is 7.36. The van der Waals surface area contributed by atoms with Gasteiger partial charge in [0.2, 0.25) is 0 Å². The number of halogens is 3. The number of hydrogen-bond acceptors (Lipinski definition) is 2. The fraction of sp³-hybridized carbons (Fsp3) is 0.667. The van der Waals surface area contributed by atoms with Crippen LogP contribution in [0.1, 0.15) is 44.9 Å². The third-order valence-electron chi connectivity index (χ3n) is 4.91. The second-order valence-corrected chi connectivity index (χ2v) is 6.11. The smallest absolute Gasteiger partial charge is 0.251 e. The van der Waals surface area contributed by atoms with Gasteiger partial charge in [-0.1, -0.05) is 19.3 Å². The van der Waals surface area contributed by atoms with E-state index < -0.39 is 17.6 Å². The van der Waals surface area contributed by atoms with E-state index in [-0.39, 0.29) is 5.82 Å². The minimum atomic E-state index is -1.23. The lowest BCUT2D eigenvalue weighted by Crippen LogP contribution is -2.42. The number of piperidine rings is 1. The van der Waals surface area contributed by atoms with Gasteiger partial charge in [-0.2, -0.15) is 9.37 Å². The first kappa shape index (κ1) is 13.7. The molecule has 1 saturated heterocycles. The van der Waals surface area contributed by atoms with Crippen molar-refractivity contribution in [2.24, 2.45) is 5.41 Å². The predicted octanol–water partition coefficient (Wildman–Crippen LogP) is 4.05. The Bertz CT molecular complexity index is 488. The quantitative estimate of drug-likeness (QED) is 0.723. The molecule has 2 fully saturated rings. The summed E-state index contributed by atoms with van der Waals surface area (Å²) in [5.74, 6) is -3.27. The summed E-state index contributed by atoms with van der Waals surface area (Å²) in [6.45, 7) is 1.35. The zero-order chi connectivity index (χ0) is 14.2. The van der Waals surface area contributed by atoms with E-state index in [0.29, 0.717) is 24.6 Å². The van der Waals surface area contributed by atoms with Crippen LogP contribution in [0, 0.1) is 23.0 Å². The Morgan fingerprint density at radius 2 is 1.55 bits per heavy atom. The minimum Gasteiger partial charge on any atom is -0.354 e. The first-order valence-electron chi connectivity index (χ1n) is 7.36. The van der Waals surface area contributed by atoms with Crippen molar-refractivity contribution in [3.8, 4) is 0 Å². The molecule has 1 spiro atoms. The number of hydrogen-bond donors (Lipinski definition) is 0. The van der Waals surface area contributed by atoms with E-state index in [9.17, 15) is 13.2 Å². The molecule has 1 saturated carbocycles. The normalized spacial score (nSPS) is 22.2. The Kier molecular flexibility index (Phi) is 3.61. The van der Waals surface area contributed by atoms with E-state index in [2.05, 4.69) is 4.98 Å². The summed E-state index contributed by atoms with van der Waals surface area (Å²) >= 11 is 0. The molecule has 5 heteroatoms. The Hall–Kier alpha value is -1.26. The fourth-order valence-corrected chi connectivity index (χ4v) is 3.65. The summed E-state index contributed by atoms with van der Waals surface area (Å²) in [6.07, 6.45) is 8.34. The van der Waals surface area contributed by atoms with E-state index in [1.54, 1.807) is 4.90 Å². The summed E-state index contributed by atoms with van der Waals surface area (Å²) in [5, 5.41) is 0. The molecular weight excluding hydrogens is 265 g/mol. The molecule has 0 atom stereocenters. The van der Waals surface area contributed by atoms with Crippen LogP contribution < -0.4 is 4.90 Å². The Balaban J connectivity index is 1.73. The van der Waals surface area contributed by atoms with E-state index >= 15 is 0 Å². The molecule has 20 heavy (non-hydrogen) atoms. The maximum absolute atomic E-state index is 13.7. The molecule has 0 aromatic carbocycles. The van der Waals surface area contributed by atoms with Crippen LogP contribution in [0.4, 0.5) is 19.0 Å². The molecule has 2 heterocycles. The van der Waals surface area contributed by atoms with Crippen LogP contribution in [0.3, 0.4) is 0 Å². The van der Waals surface area contributed by atoms with Crippen LogP contribution in [0.5, 0.6) is 0 Å². The van der Waals surface area contributed by atoms with E-state index in [1.807, 2.05) is 0 Å². The third-order valence-corrected chi connectivity index (χ3v) is 4.91. The zero-order valence-electron chi connectivity index (χ0n) is 11.5. The van der Waals surface area contributed by atoms with Gasteiger partial charge >= 0.3 is 0 Å². The molecule has 1 aromatic rings.